The van der Waals surface area contributed by atoms with E-state index in [0.29, 0.717) is 36.5 Å². The summed E-state index contributed by atoms with van der Waals surface area (Å²) in [6.07, 6.45) is 2.58. The quantitative estimate of drug-likeness (QED) is 0.266. The van der Waals surface area contributed by atoms with Crippen LogP contribution in [0.1, 0.15) is 33.8 Å². The number of anilines is 1. The molecule has 0 saturated heterocycles. The van der Waals surface area contributed by atoms with E-state index >= 15 is 0 Å². The number of rotatable bonds is 9. The molecule has 186 valence electrons. The van der Waals surface area contributed by atoms with Gasteiger partial charge in [0.2, 0.25) is 5.91 Å². The fourth-order valence-electron chi connectivity index (χ4n) is 4.28. The lowest BCUT2D eigenvalue weighted by Crippen LogP contribution is -2.25. The van der Waals surface area contributed by atoms with E-state index in [1.165, 1.54) is 12.1 Å². The molecule has 2 aromatic heterocycles. The van der Waals surface area contributed by atoms with Gasteiger partial charge >= 0.3 is 0 Å². The van der Waals surface area contributed by atoms with Crippen molar-refractivity contribution in [3.63, 3.8) is 0 Å². The van der Waals surface area contributed by atoms with Crippen molar-refractivity contribution in [1.29, 1.82) is 0 Å². The molecule has 6 nitrogen and oxygen atoms in total. The molecule has 0 saturated carbocycles. The number of furan rings is 1. The van der Waals surface area contributed by atoms with Crippen LogP contribution >= 0.6 is 0 Å². The predicted octanol–water partition coefficient (Wildman–Crippen LogP) is 5.92. The van der Waals surface area contributed by atoms with Crippen LogP contribution in [-0.2, 0) is 24.3 Å². The smallest absolute Gasteiger partial charge is 0.268 e. The van der Waals surface area contributed by atoms with E-state index in [4.69, 9.17) is 4.42 Å². The monoisotopic (exact) mass is 495 g/mol. The zero-order valence-corrected chi connectivity index (χ0v) is 20.1. The number of hydrogen-bond acceptors (Lipinski definition) is 3. The number of benzene rings is 3. The van der Waals surface area contributed by atoms with Crippen LogP contribution in [0.25, 0.3) is 10.9 Å². The first-order valence-corrected chi connectivity index (χ1v) is 12.1. The number of halogens is 1. The predicted molar refractivity (Wildman–Crippen MR) is 141 cm³/mol. The zero-order valence-electron chi connectivity index (χ0n) is 20.1. The van der Waals surface area contributed by atoms with Gasteiger partial charge in [0, 0.05) is 29.6 Å². The zero-order chi connectivity index (χ0) is 25.6. The SMILES string of the molecule is O=C(CCc1ccccc1)Nc1ccc2c(c1)cc(C(=O)NCc1ccco1)n2Cc1ccc(F)cc1. The second-order valence-electron chi connectivity index (χ2n) is 8.81. The van der Waals surface area contributed by atoms with Crippen molar-refractivity contribution in [2.45, 2.75) is 25.9 Å². The first-order chi connectivity index (χ1) is 18.0. The summed E-state index contributed by atoms with van der Waals surface area (Å²) in [5.41, 5.74) is 3.91. The number of carbonyl (C=O) groups is 2. The Labute approximate surface area is 213 Å². The lowest BCUT2D eigenvalue weighted by atomic mass is 10.1. The van der Waals surface area contributed by atoms with Crippen LogP contribution in [0.4, 0.5) is 10.1 Å². The lowest BCUT2D eigenvalue weighted by Gasteiger charge is -2.12. The minimum atomic E-state index is -0.315. The summed E-state index contributed by atoms with van der Waals surface area (Å²) in [5.74, 6) is -0.00579. The molecule has 2 amide bonds. The Morgan fingerprint density at radius 2 is 1.68 bits per heavy atom. The number of aromatic nitrogens is 1. The molecule has 5 aromatic rings. The topological polar surface area (TPSA) is 76.3 Å². The van der Waals surface area contributed by atoms with E-state index in [1.807, 2.05) is 53.1 Å². The highest BCUT2D eigenvalue weighted by atomic mass is 19.1. The molecule has 0 fully saturated rings. The van der Waals surface area contributed by atoms with Crippen molar-refractivity contribution in [2.75, 3.05) is 5.32 Å². The fraction of sp³-hybridized carbons (Fsp3) is 0.133. The van der Waals surface area contributed by atoms with Crippen LogP contribution in [0.5, 0.6) is 0 Å². The van der Waals surface area contributed by atoms with Gasteiger partial charge in [-0.3, -0.25) is 9.59 Å². The lowest BCUT2D eigenvalue weighted by molar-refractivity contribution is -0.116. The maximum absolute atomic E-state index is 13.4. The van der Waals surface area contributed by atoms with Gasteiger partial charge in [0.25, 0.3) is 5.91 Å². The molecule has 0 bridgehead atoms. The van der Waals surface area contributed by atoms with Gasteiger partial charge in [0.1, 0.15) is 17.3 Å². The molecule has 0 aliphatic carbocycles. The van der Waals surface area contributed by atoms with Crippen LogP contribution in [0.3, 0.4) is 0 Å². The first-order valence-electron chi connectivity index (χ1n) is 12.1. The summed E-state index contributed by atoms with van der Waals surface area (Å²) in [6.45, 7) is 0.642. The molecule has 0 aliphatic rings. The van der Waals surface area contributed by atoms with E-state index < -0.39 is 0 Å². The number of fused-ring (bicyclic) bond motifs is 1. The molecule has 2 N–H and O–H groups in total. The molecule has 7 heteroatoms. The van der Waals surface area contributed by atoms with Crippen molar-refractivity contribution >= 4 is 28.4 Å². The van der Waals surface area contributed by atoms with Gasteiger partial charge in [-0.25, -0.2) is 4.39 Å². The highest BCUT2D eigenvalue weighted by Gasteiger charge is 2.17. The Morgan fingerprint density at radius 3 is 2.43 bits per heavy atom. The number of carbonyl (C=O) groups excluding carboxylic acids is 2. The molecule has 0 spiro atoms. The Kier molecular flexibility index (Phi) is 7.12. The van der Waals surface area contributed by atoms with Gasteiger partial charge in [-0.05, 0) is 66.1 Å². The number of nitrogens with zero attached hydrogens (tertiary/aromatic N) is 1. The van der Waals surface area contributed by atoms with Gasteiger partial charge in [-0.2, -0.15) is 0 Å². The van der Waals surface area contributed by atoms with E-state index in [1.54, 1.807) is 36.6 Å². The molecule has 0 radical (unpaired) electrons. The van der Waals surface area contributed by atoms with Gasteiger partial charge in [0.15, 0.2) is 0 Å². The molecule has 3 aromatic carbocycles. The van der Waals surface area contributed by atoms with E-state index in [0.717, 1.165) is 22.0 Å². The normalized spacial score (nSPS) is 10.9. The summed E-state index contributed by atoms with van der Waals surface area (Å²) in [5, 5.41) is 6.66. The van der Waals surface area contributed by atoms with Crippen molar-refractivity contribution in [2.24, 2.45) is 0 Å². The second-order valence-corrected chi connectivity index (χ2v) is 8.81. The average molecular weight is 496 g/mol. The Hall–Kier alpha value is -4.65. The van der Waals surface area contributed by atoms with Crippen molar-refractivity contribution in [1.82, 2.24) is 9.88 Å². The highest BCUT2D eigenvalue weighted by molar-refractivity contribution is 6.00. The minimum absolute atomic E-state index is 0.0784. The minimum Gasteiger partial charge on any atom is -0.467 e. The number of aryl methyl sites for hydroxylation is 1. The summed E-state index contributed by atoms with van der Waals surface area (Å²) in [6, 6.07) is 27.0. The summed E-state index contributed by atoms with van der Waals surface area (Å²) in [7, 11) is 0. The van der Waals surface area contributed by atoms with Crippen LogP contribution in [-0.4, -0.2) is 16.4 Å². The van der Waals surface area contributed by atoms with E-state index in [-0.39, 0.29) is 24.2 Å². The second kappa shape index (κ2) is 11.0. The molecular formula is C30H26FN3O3. The molecule has 2 heterocycles. The third-order valence-electron chi connectivity index (χ3n) is 6.16. The number of amides is 2. The maximum Gasteiger partial charge on any atom is 0.268 e. The third kappa shape index (κ3) is 5.95. The van der Waals surface area contributed by atoms with Crippen molar-refractivity contribution < 1.29 is 18.4 Å². The highest BCUT2D eigenvalue weighted by Crippen LogP contribution is 2.25. The van der Waals surface area contributed by atoms with Crippen LogP contribution in [0.15, 0.2) is 102 Å². The van der Waals surface area contributed by atoms with E-state index in [9.17, 15) is 14.0 Å². The summed E-state index contributed by atoms with van der Waals surface area (Å²) >= 11 is 0. The molecule has 37 heavy (non-hydrogen) atoms. The average Bonchev–Trinajstić information content (AvgIpc) is 3.56. The van der Waals surface area contributed by atoms with Crippen LogP contribution < -0.4 is 10.6 Å². The van der Waals surface area contributed by atoms with Gasteiger partial charge < -0.3 is 19.6 Å². The molecule has 0 atom stereocenters. The van der Waals surface area contributed by atoms with Gasteiger partial charge in [0.05, 0.1) is 12.8 Å². The van der Waals surface area contributed by atoms with E-state index in [2.05, 4.69) is 10.6 Å². The van der Waals surface area contributed by atoms with Gasteiger partial charge in [-0.15, -0.1) is 0 Å². The number of hydrogen-bond donors (Lipinski definition) is 2. The van der Waals surface area contributed by atoms with Crippen molar-refractivity contribution in [3.05, 3.63) is 126 Å². The van der Waals surface area contributed by atoms with Crippen LogP contribution in [0, 0.1) is 5.82 Å². The van der Waals surface area contributed by atoms with Gasteiger partial charge in [-0.1, -0.05) is 42.5 Å². The molecule has 0 unspecified atom stereocenters. The van der Waals surface area contributed by atoms with Crippen molar-refractivity contribution in [3.8, 4) is 0 Å². The largest absolute Gasteiger partial charge is 0.467 e. The standard InChI is InChI=1S/C30H26FN3O3/c31-24-11-8-22(9-12-24)20-34-27-14-13-25(33-29(35)15-10-21-5-2-1-3-6-21)17-23(27)18-28(34)30(36)32-19-26-7-4-16-37-26/h1-9,11-14,16-18H,10,15,19-20H2,(H,32,36)(H,33,35). The fourth-order valence-corrected chi connectivity index (χ4v) is 4.28. The van der Waals surface area contributed by atoms with Crippen LogP contribution in [0.2, 0.25) is 0 Å². The Bertz CT molecular complexity index is 1510. The molecular weight excluding hydrogens is 469 g/mol. The Morgan fingerprint density at radius 1 is 0.865 bits per heavy atom. The maximum atomic E-state index is 13.4. The summed E-state index contributed by atoms with van der Waals surface area (Å²) in [4.78, 5) is 25.7. The third-order valence-corrected chi connectivity index (χ3v) is 6.16. The molecule has 0 aliphatic heterocycles. The number of nitrogens with one attached hydrogen (secondary N) is 2. The Balaban J connectivity index is 1.38. The first kappa shape index (κ1) is 24.1. The molecule has 5 rings (SSSR count). The summed E-state index contributed by atoms with van der Waals surface area (Å²) < 4.78 is 20.7.